The number of aryl methyl sites for hydroxylation is 1. The molecule has 1 aliphatic heterocycles. The van der Waals surface area contributed by atoms with E-state index in [4.69, 9.17) is 4.74 Å². The van der Waals surface area contributed by atoms with Gasteiger partial charge >= 0.3 is 0 Å². The van der Waals surface area contributed by atoms with Crippen molar-refractivity contribution in [1.29, 1.82) is 0 Å². The van der Waals surface area contributed by atoms with Crippen LogP contribution in [0.3, 0.4) is 0 Å². The SMILES string of the molecule is Cc1cc(C(=O)N[C@H]2COc3ccccc3N(C)C2=O)nn1Cc1ccc(F)c(F)c1. The van der Waals surface area contributed by atoms with Gasteiger partial charge in [0.05, 0.1) is 12.2 Å². The van der Waals surface area contributed by atoms with Crippen LogP contribution in [0.15, 0.2) is 48.5 Å². The van der Waals surface area contributed by atoms with Gasteiger partial charge in [0.1, 0.15) is 24.1 Å². The summed E-state index contributed by atoms with van der Waals surface area (Å²) in [6.07, 6.45) is 0. The van der Waals surface area contributed by atoms with Crippen LogP contribution in [-0.2, 0) is 11.3 Å². The molecule has 7 nitrogen and oxygen atoms in total. The molecule has 2 aromatic carbocycles. The fourth-order valence-electron chi connectivity index (χ4n) is 3.38. The first-order chi connectivity index (χ1) is 14.8. The van der Waals surface area contributed by atoms with E-state index in [1.807, 2.05) is 0 Å². The topological polar surface area (TPSA) is 76.5 Å². The van der Waals surface area contributed by atoms with Crippen molar-refractivity contribution >= 4 is 17.5 Å². The summed E-state index contributed by atoms with van der Waals surface area (Å²) in [6, 6.07) is 11.4. The Labute approximate surface area is 177 Å². The normalized spacial score (nSPS) is 15.8. The van der Waals surface area contributed by atoms with Gasteiger partial charge in [0, 0.05) is 12.7 Å². The molecule has 160 valence electrons. The molecule has 0 saturated carbocycles. The Morgan fingerprint density at radius 1 is 1.19 bits per heavy atom. The van der Waals surface area contributed by atoms with E-state index in [1.165, 1.54) is 15.6 Å². The highest BCUT2D eigenvalue weighted by Crippen LogP contribution is 2.29. The smallest absolute Gasteiger partial charge is 0.272 e. The van der Waals surface area contributed by atoms with Gasteiger partial charge in [-0.05, 0) is 42.8 Å². The van der Waals surface area contributed by atoms with Gasteiger partial charge < -0.3 is 15.0 Å². The van der Waals surface area contributed by atoms with E-state index in [0.717, 1.165) is 12.1 Å². The highest BCUT2D eigenvalue weighted by atomic mass is 19.2. The highest BCUT2D eigenvalue weighted by Gasteiger charge is 2.31. The summed E-state index contributed by atoms with van der Waals surface area (Å²) in [7, 11) is 1.62. The molecule has 0 aliphatic carbocycles. The summed E-state index contributed by atoms with van der Waals surface area (Å²) in [4.78, 5) is 27.0. The van der Waals surface area contributed by atoms with E-state index in [1.54, 1.807) is 44.3 Å². The molecule has 0 unspecified atom stereocenters. The minimum Gasteiger partial charge on any atom is -0.489 e. The quantitative estimate of drug-likeness (QED) is 0.696. The number of nitrogens with one attached hydrogen (secondary N) is 1. The van der Waals surface area contributed by atoms with E-state index in [9.17, 15) is 18.4 Å². The number of carbonyl (C=O) groups excluding carboxylic acids is 2. The van der Waals surface area contributed by atoms with Crippen LogP contribution in [0.25, 0.3) is 0 Å². The Balaban J connectivity index is 1.48. The molecule has 3 aromatic rings. The van der Waals surface area contributed by atoms with Crippen molar-refractivity contribution in [3.8, 4) is 5.75 Å². The minimum atomic E-state index is -0.947. The number of anilines is 1. The van der Waals surface area contributed by atoms with Crippen molar-refractivity contribution in [2.75, 3.05) is 18.6 Å². The Hall–Kier alpha value is -3.75. The van der Waals surface area contributed by atoms with Gasteiger partial charge in [-0.1, -0.05) is 18.2 Å². The molecular formula is C22H20F2N4O3. The van der Waals surface area contributed by atoms with Gasteiger partial charge in [-0.2, -0.15) is 5.10 Å². The maximum Gasteiger partial charge on any atom is 0.272 e. The summed E-state index contributed by atoms with van der Waals surface area (Å²) < 4.78 is 33.8. The zero-order chi connectivity index (χ0) is 22.1. The van der Waals surface area contributed by atoms with Gasteiger partial charge in [-0.25, -0.2) is 8.78 Å². The largest absolute Gasteiger partial charge is 0.489 e. The number of fused-ring (bicyclic) bond motifs is 1. The Morgan fingerprint density at radius 2 is 1.97 bits per heavy atom. The third-order valence-corrected chi connectivity index (χ3v) is 5.10. The van der Waals surface area contributed by atoms with Crippen LogP contribution in [0.1, 0.15) is 21.7 Å². The van der Waals surface area contributed by atoms with E-state index in [0.29, 0.717) is 22.7 Å². The molecule has 0 saturated heterocycles. The molecule has 0 radical (unpaired) electrons. The summed E-state index contributed by atoms with van der Waals surface area (Å²) in [5, 5.41) is 6.92. The molecule has 0 fully saturated rings. The molecule has 4 rings (SSSR count). The van der Waals surface area contributed by atoms with Gasteiger partial charge in [0.15, 0.2) is 11.6 Å². The summed E-state index contributed by atoms with van der Waals surface area (Å²) in [6.45, 7) is 1.90. The van der Waals surface area contributed by atoms with Crippen LogP contribution >= 0.6 is 0 Å². The summed E-state index contributed by atoms with van der Waals surface area (Å²) >= 11 is 0. The average molecular weight is 426 g/mol. The Kier molecular flexibility index (Phi) is 5.41. The number of hydrogen-bond acceptors (Lipinski definition) is 4. The zero-order valence-electron chi connectivity index (χ0n) is 16.9. The molecule has 2 heterocycles. The number of rotatable bonds is 4. The van der Waals surface area contributed by atoms with Gasteiger partial charge in [-0.3, -0.25) is 14.3 Å². The van der Waals surface area contributed by atoms with Gasteiger partial charge in [0.2, 0.25) is 0 Å². The third kappa shape index (κ3) is 4.11. The Morgan fingerprint density at radius 3 is 2.74 bits per heavy atom. The van der Waals surface area contributed by atoms with Crippen molar-refractivity contribution in [2.45, 2.75) is 19.5 Å². The fourth-order valence-corrected chi connectivity index (χ4v) is 3.38. The first kappa shape index (κ1) is 20.5. The van der Waals surface area contributed by atoms with E-state index >= 15 is 0 Å². The van der Waals surface area contributed by atoms with Crippen molar-refractivity contribution in [1.82, 2.24) is 15.1 Å². The van der Waals surface area contributed by atoms with E-state index in [2.05, 4.69) is 10.4 Å². The van der Waals surface area contributed by atoms with Crippen LogP contribution in [0.5, 0.6) is 5.75 Å². The fraction of sp³-hybridized carbons (Fsp3) is 0.227. The predicted octanol–water partition coefficient (Wildman–Crippen LogP) is 2.67. The average Bonchev–Trinajstić information content (AvgIpc) is 3.07. The molecular weight excluding hydrogens is 406 g/mol. The first-order valence-corrected chi connectivity index (χ1v) is 9.62. The van der Waals surface area contributed by atoms with Crippen molar-refractivity contribution in [3.05, 3.63) is 77.1 Å². The van der Waals surface area contributed by atoms with Gasteiger partial charge in [-0.15, -0.1) is 0 Å². The molecule has 2 amide bonds. The van der Waals surface area contributed by atoms with Crippen LogP contribution in [0, 0.1) is 18.6 Å². The number of benzene rings is 2. The molecule has 0 spiro atoms. The molecule has 0 bridgehead atoms. The molecule has 1 N–H and O–H groups in total. The minimum absolute atomic E-state index is 0.0134. The lowest BCUT2D eigenvalue weighted by atomic mass is 10.2. The lowest BCUT2D eigenvalue weighted by Gasteiger charge is -2.20. The second kappa shape index (κ2) is 8.17. The number of para-hydroxylation sites is 2. The standard InChI is InChI=1S/C22H20F2N4O3/c1-13-9-17(26-28(13)11-14-7-8-15(23)16(24)10-14)21(29)25-18-12-31-20-6-4-3-5-19(20)27(2)22(18)30/h3-10,18H,11-12H2,1-2H3,(H,25,29)/t18-/m0/s1. The van der Waals surface area contributed by atoms with Crippen LogP contribution in [0.2, 0.25) is 0 Å². The first-order valence-electron chi connectivity index (χ1n) is 9.62. The second-order valence-corrected chi connectivity index (χ2v) is 7.28. The molecule has 1 aliphatic rings. The van der Waals surface area contributed by atoms with Crippen molar-refractivity contribution in [2.24, 2.45) is 0 Å². The van der Waals surface area contributed by atoms with Gasteiger partial charge in [0.25, 0.3) is 11.8 Å². The molecule has 9 heteroatoms. The number of amides is 2. The highest BCUT2D eigenvalue weighted by molar-refractivity contribution is 6.02. The number of nitrogens with zero attached hydrogens (tertiary/aromatic N) is 3. The molecule has 1 atom stereocenters. The predicted molar refractivity (Wildman–Crippen MR) is 109 cm³/mol. The lowest BCUT2D eigenvalue weighted by molar-refractivity contribution is -0.120. The number of halogens is 2. The summed E-state index contributed by atoms with van der Waals surface area (Å²) in [5.41, 5.74) is 1.89. The molecule has 1 aromatic heterocycles. The number of carbonyl (C=O) groups is 2. The van der Waals surface area contributed by atoms with Crippen LogP contribution < -0.4 is 15.0 Å². The number of ether oxygens (including phenoxy) is 1. The molecule has 31 heavy (non-hydrogen) atoms. The zero-order valence-corrected chi connectivity index (χ0v) is 16.9. The van der Waals surface area contributed by atoms with Crippen molar-refractivity contribution in [3.63, 3.8) is 0 Å². The van der Waals surface area contributed by atoms with Crippen LogP contribution in [0.4, 0.5) is 14.5 Å². The third-order valence-electron chi connectivity index (χ3n) is 5.10. The maximum absolute atomic E-state index is 13.5. The number of likely N-dealkylation sites (N-methyl/N-ethyl adjacent to an activating group) is 1. The summed E-state index contributed by atoms with van der Waals surface area (Å²) in [5.74, 6) is -2.16. The number of hydrogen-bond donors (Lipinski definition) is 1. The monoisotopic (exact) mass is 426 g/mol. The Bertz CT molecular complexity index is 1160. The van der Waals surface area contributed by atoms with Crippen molar-refractivity contribution < 1.29 is 23.1 Å². The second-order valence-electron chi connectivity index (χ2n) is 7.28. The lowest BCUT2D eigenvalue weighted by Crippen LogP contribution is -2.49. The maximum atomic E-state index is 13.5. The van der Waals surface area contributed by atoms with Crippen LogP contribution in [-0.4, -0.2) is 41.3 Å². The van der Waals surface area contributed by atoms with E-state index in [-0.39, 0.29) is 24.8 Å². The van der Waals surface area contributed by atoms with E-state index < -0.39 is 23.6 Å². The number of aromatic nitrogens is 2.